The van der Waals surface area contributed by atoms with E-state index in [2.05, 4.69) is 29.8 Å². The van der Waals surface area contributed by atoms with Crippen LogP contribution in [0.3, 0.4) is 0 Å². The summed E-state index contributed by atoms with van der Waals surface area (Å²) in [5.74, 6) is 1.75. The Morgan fingerprint density at radius 3 is 2.11 bits per heavy atom. The van der Waals surface area contributed by atoms with Crippen LogP contribution in [0.2, 0.25) is 0 Å². The Kier molecular flexibility index (Phi) is 5.47. The monoisotopic (exact) mass is 316 g/mol. The molecule has 4 heteroatoms. The molecule has 1 N–H and O–H groups in total. The van der Waals surface area contributed by atoms with Crippen LogP contribution in [0.25, 0.3) is 0 Å². The summed E-state index contributed by atoms with van der Waals surface area (Å²) in [6.45, 7) is 6.00. The molecule has 1 unspecified atom stereocenters. The summed E-state index contributed by atoms with van der Waals surface area (Å²) in [5.41, 5.74) is 2.18. The van der Waals surface area contributed by atoms with Gasteiger partial charge in [-0.2, -0.15) is 0 Å². The Hall–Kier alpha value is -0.740. The highest BCUT2D eigenvalue weighted by molar-refractivity contribution is 9.10. The molecule has 0 saturated carbocycles. The minimum Gasteiger partial charge on any atom is -0.493 e. The molecular formula is C14H21BrO3. The van der Waals surface area contributed by atoms with Crippen molar-refractivity contribution in [3.05, 3.63) is 21.7 Å². The van der Waals surface area contributed by atoms with Gasteiger partial charge in [-0.15, -0.1) is 0 Å². The summed E-state index contributed by atoms with van der Waals surface area (Å²) in [6.07, 6.45) is 0.222. The summed E-state index contributed by atoms with van der Waals surface area (Å²) in [6, 6.07) is 2.00. The van der Waals surface area contributed by atoms with Crippen molar-refractivity contribution in [1.82, 2.24) is 0 Å². The van der Waals surface area contributed by atoms with E-state index >= 15 is 0 Å². The van der Waals surface area contributed by atoms with Crippen molar-refractivity contribution < 1.29 is 14.6 Å². The average Bonchev–Trinajstić information content (AvgIpc) is 2.26. The van der Waals surface area contributed by atoms with E-state index in [0.29, 0.717) is 18.1 Å². The van der Waals surface area contributed by atoms with Crippen LogP contribution in [-0.4, -0.2) is 25.4 Å². The van der Waals surface area contributed by atoms with Crippen molar-refractivity contribution in [2.75, 3.05) is 14.2 Å². The second kappa shape index (κ2) is 6.43. The molecule has 0 aromatic heterocycles. The number of rotatable bonds is 5. The first-order valence-electron chi connectivity index (χ1n) is 6.03. The minimum atomic E-state index is -0.382. The molecule has 0 saturated heterocycles. The van der Waals surface area contributed by atoms with Crippen LogP contribution in [0.5, 0.6) is 11.5 Å². The third kappa shape index (κ3) is 3.18. The van der Waals surface area contributed by atoms with E-state index < -0.39 is 0 Å². The summed E-state index contributed by atoms with van der Waals surface area (Å²) in [4.78, 5) is 0. The number of ether oxygens (including phenoxy) is 2. The molecule has 1 atom stereocenters. The summed E-state index contributed by atoms with van der Waals surface area (Å²) in [5, 5.41) is 9.61. The molecule has 1 aromatic carbocycles. The Morgan fingerprint density at radius 2 is 1.72 bits per heavy atom. The predicted octanol–water partition coefficient (Wildman–Crippen LogP) is 3.51. The van der Waals surface area contributed by atoms with E-state index in [-0.39, 0.29) is 6.10 Å². The van der Waals surface area contributed by atoms with Crippen molar-refractivity contribution in [2.45, 2.75) is 39.2 Å². The van der Waals surface area contributed by atoms with Crippen LogP contribution < -0.4 is 9.47 Å². The molecule has 1 aromatic rings. The highest BCUT2D eigenvalue weighted by Gasteiger charge is 2.21. The number of halogens is 1. The maximum atomic E-state index is 9.61. The van der Waals surface area contributed by atoms with Crippen molar-refractivity contribution in [3.63, 3.8) is 0 Å². The lowest BCUT2D eigenvalue weighted by Crippen LogP contribution is -2.10. The van der Waals surface area contributed by atoms with E-state index in [0.717, 1.165) is 21.3 Å². The summed E-state index contributed by atoms with van der Waals surface area (Å²) >= 11 is 3.49. The molecule has 1 rings (SSSR count). The molecule has 0 amide bonds. The number of benzene rings is 1. The van der Waals surface area contributed by atoms with E-state index in [1.165, 1.54) is 0 Å². The maximum Gasteiger partial charge on any atom is 0.175 e. The van der Waals surface area contributed by atoms with Gasteiger partial charge in [0.15, 0.2) is 11.5 Å². The summed E-state index contributed by atoms with van der Waals surface area (Å²) < 4.78 is 11.7. The Balaban J connectivity index is 3.47. The molecule has 0 spiro atoms. The number of hydrogen-bond acceptors (Lipinski definition) is 3. The smallest absolute Gasteiger partial charge is 0.175 e. The second-order valence-corrected chi connectivity index (χ2v) is 5.56. The fraction of sp³-hybridized carbons (Fsp3) is 0.571. The summed E-state index contributed by atoms with van der Waals surface area (Å²) in [7, 11) is 3.27. The van der Waals surface area contributed by atoms with Gasteiger partial charge in [0.05, 0.1) is 24.8 Å². The van der Waals surface area contributed by atoms with Crippen LogP contribution >= 0.6 is 15.9 Å². The zero-order valence-electron chi connectivity index (χ0n) is 11.6. The second-order valence-electron chi connectivity index (χ2n) is 4.71. The fourth-order valence-corrected chi connectivity index (χ4v) is 2.80. The Bertz CT molecular complexity index is 414. The number of methoxy groups -OCH3 is 2. The lowest BCUT2D eigenvalue weighted by molar-refractivity contribution is 0.195. The zero-order chi connectivity index (χ0) is 13.9. The standard InChI is InChI=1S/C14H21BrO3/c1-8(2)12-10(6-9(3)16)7-11(15)13(17-4)14(12)18-5/h7-9,16H,6H2,1-5H3. The van der Waals surface area contributed by atoms with Crippen molar-refractivity contribution in [3.8, 4) is 11.5 Å². The molecule has 18 heavy (non-hydrogen) atoms. The lowest BCUT2D eigenvalue weighted by Gasteiger charge is -2.21. The third-order valence-electron chi connectivity index (χ3n) is 2.82. The van der Waals surface area contributed by atoms with Crippen molar-refractivity contribution in [1.29, 1.82) is 0 Å². The highest BCUT2D eigenvalue weighted by Crippen LogP contribution is 2.43. The Labute approximate surface area is 117 Å². The quantitative estimate of drug-likeness (QED) is 0.903. The van der Waals surface area contributed by atoms with E-state index in [4.69, 9.17) is 9.47 Å². The number of aliphatic hydroxyl groups is 1. The van der Waals surface area contributed by atoms with Crippen LogP contribution in [0.4, 0.5) is 0 Å². The average molecular weight is 317 g/mol. The predicted molar refractivity (Wildman–Crippen MR) is 76.7 cm³/mol. The van der Waals surface area contributed by atoms with Crippen LogP contribution in [0.1, 0.15) is 37.8 Å². The molecule has 0 aliphatic heterocycles. The molecule has 0 bridgehead atoms. The van der Waals surface area contributed by atoms with Gasteiger partial charge in [0.1, 0.15) is 0 Å². The minimum absolute atomic E-state index is 0.302. The normalized spacial score (nSPS) is 12.7. The highest BCUT2D eigenvalue weighted by atomic mass is 79.9. The largest absolute Gasteiger partial charge is 0.493 e. The third-order valence-corrected chi connectivity index (χ3v) is 3.40. The maximum absolute atomic E-state index is 9.61. The van der Waals surface area contributed by atoms with Crippen LogP contribution in [0.15, 0.2) is 10.5 Å². The molecule has 0 aliphatic carbocycles. The fourth-order valence-electron chi connectivity index (χ4n) is 2.19. The van der Waals surface area contributed by atoms with E-state index in [9.17, 15) is 5.11 Å². The molecule has 0 aliphatic rings. The van der Waals surface area contributed by atoms with Gasteiger partial charge >= 0.3 is 0 Å². The van der Waals surface area contributed by atoms with Gasteiger partial charge < -0.3 is 14.6 Å². The molecule has 102 valence electrons. The van der Waals surface area contributed by atoms with Crippen molar-refractivity contribution in [2.24, 2.45) is 0 Å². The van der Waals surface area contributed by atoms with Crippen molar-refractivity contribution >= 4 is 15.9 Å². The van der Waals surface area contributed by atoms with Gasteiger partial charge in [-0.1, -0.05) is 13.8 Å². The molecular weight excluding hydrogens is 296 g/mol. The van der Waals surface area contributed by atoms with E-state index in [1.54, 1.807) is 21.1 Å². The molecule has 0 fully saturated rings. The van der Waals surface area contributed by atoms with Gasteiger partial charge in [-0.3, -0.25) is 0 Å². The van der Waals surface area contributed by atoms with Gasteiger partial charge in [-0.05, 0) is 46.8 Å². The molecule has 3 nitrogen and oxygen atoms in total. The zero-order valence-corrected chi connectivity index (χ0v) is 13.2. The first-order chi connectivity index (χ1) is 8.42. The van der Waals surface area contributed by atoms with Crippen LogP contribution in [-0.2, 0) is 6.42 Å². The first kappa shape index (κ1) is 15.3. The van der Waals surface area contributed by atoms with Gasteiger partial charge in [-0.25, -0.2) is 0 Å². The molecule has 0 heterocycles. The van der Waals surface area contributed by atoms with Gasteiger partial charge in [0.2, 0.25) is 0 Å². The number of aliphatic hydroxyl groups excluding tert-OH is 1. The molecule has 0 radical (unpaired) electrons. The lowest BCUT2D eigenvalue weighted by atomic mass is 9.92. The van der Waals surface area contributed by atoms with E-state index in [1.807, 2.05) is 6.07 Å². The topological polar surface area (TPSA) is 38.7 Å². The first-order valence-corrected chi connectivity index (χ1v) is 6.82. The number of hydrogen-bond donors (Lipinski definition) is 1. The van der Waals surface area contributed by atoms with Gasteiger partial charge in [0, 0.05) is 5.56 Å². The Morgan fingerprint density at radius 1 is 1.17 bits per heavy atom. The SMILES string of the molecule is COc1c(Br)cc(CC(C)O)c(C(C)C)c1OC. The van der Waals surface area contributed by atoms with Gasteiger partial charge in [0.25, 0.3) is 0 Å². The van der Waals surface area contributed by atoms with Crippen LogP contribution in [0, 0.1) is 0 Å².